The van der Waals surface area contributed by atoms with E-state index in [0.717, 1.165) is 0 Å². The Balaban J connectivity index is 1.72. The van der Waals surface area contributed by atoms with Crippen molar-refractivity contribution in [2.45, 2.75) is 13.0 Å². The minimum atomic E-state index is -0.723. The van der Waals surface area contributed by atoms with E-state index in [1.165, 1.54) is 6.26 Å². The Morgan fingerprint density at radius 1 is 1.30 bits per heavy atom. The maximum Gasteiger partial charge on any atom is 0.338 e. The van der Waals surface area contributed by atoms with Crippen LogP contribution in [0.5, 0.6) is 5.75 Å². The highest BCUT2D eigenvalue weighted by Crippen LogP contribution is 2.28. The molecule has 1 aromatic carbocycles. The molecular formula is C21H24ClN3O5. The lowest BCUT2D eigenvalue weighted by Gasteiger charge is -2.29. The Morgan fingerprint density at radius 2 is 2.13 bits per heavy atom. The van der Waals surface area contributed by atoms with E-state index in [9.17, 15) is 9.59 Å². The molecule has 30 heavy (non-hydrogen) atoms. The molecule has 0 radical (unpaired) electrons. The van der Waals surface area contributed by atoms with E-state index in [1.807, 2.05) is 24.1 Å². The van der Waals surface area contributed by atoms with Crippen LogP contribution in [0.1, 0.15) is 18.7 Å². The number of urea groups is 1. The van der Waals surface area contributed by atoms with Gasteiger partial charge >= 0.3 is 12.0 Å². The van der Waals surface area contributed by atoms with Gasteiger partial charge in [-0.2, -0.15) is 0 Å². The first-order valence-corrected chi connectivity index (χ1v) is 9.93. The number of hydrogen-bond acceptors (Lipinski definition) is 6. The Hall–Kier alpha value is -2.97. The molecule has 3 rings (SSSR count). The van der Waals surface area contributed by atoms with Crippen LogP contribution in [0.3, 0.4) is 0 Å². The summed E-state index contributed by atoms with van der Waals surface area (Å²) in [5.41, 5.74) is 0.776. The Labute approximate surface area is 179 Å². The number of likely N-dealkylation sites (N-methyl/N-ethyl adjacent to an activating group) is 1. The van der Waals surface area contributed by atoms with Crippen LogP contribution in [-0.2, 0) is 9.53 Å². The van der Waals surface area contributed by atoms with Crippen LogP contribution < -0.4 is 15.4 Å². The van der Waals surface area contributed by atoms with Gasteiger partial charge in [0.2, 0.25) is 0 Å². The second-order valence-electron chi connectivity index (χ2n) is 6.70. The molecule has 1 aliphatic heterocycles. The highest BCUT2D eigenvalue weighted by molar-refractivity contribution is 6.30. The van der Waals surface area contributed by atoms with E-state index >= 15 is 0 Å². The van der Waals surface area contributed by atoms with E-state index in [2.05, 4.69) is 10.6 Å². The van der Waals surface area contributed by atoms with Gasteiger partial charge < -0.3 is 24.5 Å². The van der Waals surface area contributed by atoms with Gasteiger partial charge in [0.1, 0.15) is 24.2 Å². The minimum absolute atomic E-state index is 0.220. The van der Waals surface area contributed by atoms with Crippen molar-refractivity contribution in [3.05, 3.63) is 64.7 Å². The molecule has 2 aromatic rings. The molecule has 160 valence electrons. The fraction of sp³-hybridized carbons (Fsp3) is 0.333. The summed E-state index contributed by atoms with van der Waals surface area (Å²) in [6.45, 7) is 3.23. The first-order chi connectivity index (χ1) is 14.5. The van der Waals surface area contributed by atoms with E-state index < -0.39 is 18.0 Å². The summed E-state index contributed by atoms with van der Waals surface area (Å²) in [7, 11) is 1.87. The monoisotopic (exact) mass is 433 g/mol. The number of rotatable bonds is 9. The molecule has 0 aliphatic carbocycles. The third kappa shape index (κ3) is 5.55. The van der Waals surface area contributed by atoms with Gasteiger partial charge in [0.15, 0.2) is 0 Å². The quantitative estimate of drug-likeness (QED) is 0.590. The van der Waals surface area contributed by atoms with Crippen LogP contribution >= 0.6 is 11.6 Å². The topological polar surface area (TPSA) is 93.0 Å². The third-order valence-electron chi connectivity index (χ3n) is 4.44. The van der Waals surface area contributed by atoms with E-state index in [1.54, 1.807) is 31.2 Å². The number of halogens is 1. The number of nitrogens with one attached hydrogen (secondary N) is 2. The van der Waals surface area contributed by atoms with Crippen LogP contribution in [-0.4, -0.2) is 50.3 Å². The molecule has 0 saturated carbocycles. The van der Waals surface area contributed by atoms with Crippen LogP contribution in [0.4, 0.5) is 4.79 Å². The summed E-state index contributed by atoms with van der Waals surface area (Å²) in [6.07, 6.45) is 1.49. The summed E-state index contributed by atoms with van der Waals surface area (Å²) < 4.78 is 16.4. The fourth-order valence-electron chi connectivity index (χ4n) is 3.09. The summed E-state index contributed by atoms with van der Waals surface area (Å²) in [5.74, 6) is 0.623. The van der Waals surface area contributed by atoms with Crippen molar-refractivity contribution < 1.29 is 23.5 Å². The number of ether oxygens (including phenoxy) is 2. The highest BCUT2D eigenvalue weighted by Gasteiger charge is 2.35. The normalized spacial score (nSPS) is 16.3. The average molecular weight is 434 g/mol. The zero-order valence-corrected chi connectivity index (χ0v) is 17.6. The molecule has 0 spiro atoms. The third-order valence-corrected chi connectivity index (χ3v) is 4.68. The molecule has 8 nitrogen and oxygen atoms in total. The van der Waals surface area contributed by atoms with Crippen LogP contribution in [0.15, 0.2) is 58.3 Å². The number of amides is 2. The molecule has 1 aliphatic rings. The standard InChI is InChI=1S/C21H24ClN3O5/c1-3-28-20(26)18-16(23-21(27)24-19(18)17-8-5-10-30-17)13-25(2)9-11-29-15-7-4-6-14(22)12-15/h4-8,10,12,19H,3,9,11,13H2,1-2H3,(H2,23,24,27). The molecule has 0 bridgehead atoms. The van der Waals surface area contributed by atoms with E-state index in [4.69, 9.17) is 25.5 Å². The van der Waals surface area contributed by atoms with Crippen molar-refractivity contribution in [3.63, 3.8) is 0 Å². The van der Waals surface area contributed by atoms with Gasteiger partial charge in [-0.3, -0.25) is 4.90 Å². The fourth-order valence-corrected chi connectivity index (χ4v) is 3.27. The molecule has 0 fully saturated rings. The molecule has 0 saturated heterocycles. The Morgan fingerprint density at radius 3 is 2.83 bits per heavy atom. The highest BCUT2D eigenvalue weighted by atomic mass is 35.5. The van der Waals surface area contributed by atoms with Crippen molar-refractivity contribution in [1.29, 1.82) is 0 Å². The molecule has 2 heterocycles. The van der Waals surface area contributed by atoms with E-state index in [-0.39, 0.29) is 6.61 Å². The minimum Gasteiger partial charge on any atom is -0.492 e. The van der Waals surface area contributed by atoms with Gasteiger partial charge in [0, 0.05) is 23.8 Å². The van der Waals surface area contributed by atoms with Crippen molar-refractivity contribution in [3.8, 4) is 5.75 Å². The number of furan rings is 1. The first kappa shape index (κ1) is 21.7. The number of benzene rings is 1. The summed E-state index contributed by atoms with van der Waals surface area (Å²) in [4.78, 5) is 26.8. The molecule has 1 aromatic heterocycles. The van der Waals surface area contributed by atoms with Crippen LogP contribution in [0.25, 0.3) is 0 Å². The largest absolute Gasteiger partial charge is 0.492 e. The SMILES string of the molecule is CCOC(=O)C1=C(CN(C)CCOc2cccc(Cl)c2)NC(=O)NC1c1ccco1. The van der Waals surface area contributed by atoms with Gasteiger partial charge in [0.25, 0.3) is 0 Å². The zero-order valence-electron chi connectivity index (χ0n) is 16.8. The van der Waals surface area contributed by atoms with Crippen LogP contribution in [0.2, 0.25) is 5.02 Å². The molecule has 1 unspecified atom stereocenters. The first-order valence-electron chi connectivity index (χ1n) is 9.56. The Kier molecular flexibility index (Phi) is 7.37. The molecule has 1 atom stereocenters. The molecular weight excluding hydrogens is 410 g/mol. The molecule has 2 N–H and O–H groups in total. The van der Waals surface area contributed by atoms with Gasteiger partial charge in [-0.1, -0.05) is 17.7 Å². The van der Waals surface area contributed by atoms with Gasteiger partial charge in [-0.25, -0.2) is 9.59 Å². The smallest absolute Gasteiger partial charge is 0.338 e. The lowest BCUT2D eigenvalue weighted by Crippen LogP contribution is -2.48. The Bertz CT molecular complexity index is 913. The predicted molar refractivity (Wildman–Crippen MR) is 111 cm³/mol. The van der Waals surface area contributed by atoms with Gasteiger partial charge in [-0.05, 0) is 44.3 Å². The molecule has 9 heteroatoms. The van der Waals surface area contributed by atoms with Crippen molar-refractivity contribution >= 4 is 23.6 Å². The van der Waals surface area contributed by atoms with Crippen molar-refractivity contribution in [2.24, 2.45) is 0 Å². The maximum absolute atomic E-state index is 12.7. The van der Waals surface area contributed by atoms with E-state index in [0.29, 0.717) is 47.5 Å². The lowest BCUT2D eigenvalue weighted by atomic mass is 10.00. The number of carbonyl (C=O) groups is 2. The van der Waals surface area contributed by atoms with Gasteiger partial charge in [0.05, 0.1) is 18.4 Å². The summed E-state index contributed by atoms with van der Waals surface area (Å²) >= 11 is 5.96. The zero-order chi connectivity index (χ0) is 21.5. The predicted octanol–water partition coefficient (Wildman–Crippen LogP) is 3.11. The second-order valence-corrected chi connectivity index (χ2v) is 7.14. The molecule has 2 amide bonds. The lowest BCUT2D eigenvalue weighted by molar-refractivity contribution is -0.139. The second kappa shape index (κ2) is 10.2. The average Bonchev–Trinajstić information content (AvgIpc) is 3.22. The number of hydrogen-bond donors (Lipinski definition) is 2. The number of carbonyl (C=O) groups excluding carboxylic acids is 2. The van der Waals surface area contributed by atoms with Crippen LogP contribution in [0, 0.1) is 0 Å². The summed E-state index contributed by atoms with van der Waals surface area (Å²) in [5, 5.41) is 6.06. The van der Waals surface area contributed by atoms with Crippen molar-refractivity contribution in [1.82, 2.24) is 15.5 Å². The summed E-state index contributed by atoms with van der Waals surface area (Å²) in [6, 6.07) is 9.43. The van der Waals surface area contributed by atoms with Crippen molar-refractivity contribution in [2.75, 3.05) is 33.4 Å². The number of nitrogens with zero attached hydrogens (tertiary/aromatic N) is 1. The number of esters is 1. The maximum atomic E-state index is 12.7. The van der Waals surface area contributed by atoms with Gasteiger partial charge in [-0.15, -0.1) is 0 Å².